The van der Waals surface area contributed by atoms with Gasteiger partial charge in [0.15, 0.2) is 0 Å². The lowest BCUT2D eigenvalue weighted by Crippen LogP contribution is -2.29. The van der Waals surface area contributed by atoms with Gasteiger partial charge >= 0.3 is 0 Å². The smallest absolute Gasteiger partial charge is 0.269 e. The van der Waals surface area contributed by atoms with Gasteiger partial charge in [0.05, 0.1) is 18.1 Å². The van der Waals surface area contributed by atoms with E-state index in [-0.39, 0.29) is 22.6 Å². The first-order valence-electron chi connectivity index (χ1n) is 8.03. The van der Waals surface area contributed by atoms with Gasteiger partial charge in [-0.1, -0.05) is 30.4 Å². The van der Waals surface area contributed by atoms with E-state index in [9.17, 15) is 10.1 Å². The van der Waals surface area contributed by atoms with Crippen molar-refractivity contribution in [2.45, 2.75) is 18.4 Å². The zero-order valence-electron chi connectivity index (χ0n) is 13.3. The first kappa shape index (κ1) is 14.8. The lowest BCUT2D eigenvalue weighted by Gasteiger charge is -2.37. The maximum atomic E-state index is 11.1. The Balaban J connectivity index is 1.80. The Morgan fingerprint density at radius 1 is 1.21 bits per heavy atom. The second-order valence-electron chi connectivity index (χ2n) is 6.25. The highest BCUT2D eigenvalue weighted by Crippen LogP contribution is 2.51. The number of ether oxygens (including phenoxy) is 1. The van der Waals surface area contributed by atoms with Crippen LogP contribution in [0.25, 0.3) is 0 Å². The van der Waals surface area contributed by atoms with Crippen molar-refractivity contribution < 1.29 is 9.66 Å². The van der Waals surface area contributed by atoms with Gasteiger partial charge in [0.1, 0.15) is 5.75 Å². The summed E-state index contributed by atoms with van der Waals surface area (Å²) in [5.74, 6) is 1.39. The molecule has 5 heteroatoms. The van der Waals surface area contributed by atoms with Crippen LogP contribution >= 0.6 is 0 Å². The zero-order valence-corrected chi connectivity index (χ0v) is 13.3. The molecule has 5 nitrogen and oxygen atoms in total. The quantitative estimate of drug-likeness (QED) is 0.516. The molecule has 2 aromatic rings. The Bertz CT molecular complexity index is 831. The highest BCUT2D eigenvalue weighted by atomic mass is 16.6. The summed E-state index contributed by atoms with van der Waals surface area (Å²) in [6.07, 6.45) is 5.30. The molecule has 0 fully saturated rings. The number of benzene rings is 2. The standard InChI is InChI=1S/C19H18N2O3/c1-24-18-8-3-2-5-15(18)19-14-7-4-6-13(14)16-11-12(21(22)23)9-10-17(16)20-19/h2-6,8-11,13-14,19-20H,7H2,1H3/t13-,14-,19+/m0/s1. The molecule has 1 N–H and O–H groups in total. The van der Waals surface area contributed by atoms with Gasteiger partial charge in [0, 0.05) is 29.3 Å². The monoisotopic (exact) mass is 322 g/mol. The van der Waals surface area contributed by atoms with E-state index < -0.39 is 0 Å². The fraction of sp³-hybridized carbons (Fsp3) is 0.263. The summed E-state index contributed by atoms with van der Waals surface area (Å²) in [4.78, 5) is 10.8. The van der Waals surface area contributed by atoms with Gasteiger partial charge < -0.3 is 10.1 Å². The molecule has 0 saturated heterocycles. The third-order valence-electron chi connectivity index (χ3n) is 5.03. The van der Waals surface area contributed by atoms with Crippen molar-refractivity contribution in [3.05, 3.63) is 75.9 Å². The third-order valence-corrected chi connectivity index (χ3v) is 5.03. The Labute approximate surface area is 140 Å². The van der Waals surface area contributed by atoms with Gasteiger partial charge in [-0.25, -0.2) is 0 Å². The van der Waals surface area contributed by atoms with E-state index in [1.165, 1.54) is 0 Å². The number of hydrogen-bond donors (Lipinski definition) is 1. The number of rotatable bonds is 3. The van der Waals surface area contributed by atoms with Crippen molar-refractivity contribution in [1.29, 1.82) is 0 Å². The second kappa shape index (κ2) is 5.67. The topological polar surface area (TPSA) is 64.4 Å². The van der Waals surface area contributed by atoms with Crippen molar-refractivity contribution in [1.82, 2.24) is 0 Å². The van der Waals surface area contributed by atoms with Crippen LogP contribution in [0.3, 0.4) is 0 Å². The Morgan fingerprint density at radius 3 is 2.83 bits per heavy atom. The van der Waals surface area contributed by atoms with Crippen LogP contribution in [0, 0.1) is 16.0 Å². The van der Waals surface area contributed by atoms with E-state index >= 15 is 0 Å². The van der Waals surface area contributed by atoms with Gasteiger partial charge in [0.2, 0.25) is 0 Å². The predicted octanol–water partition coefficient (Wildman–Crippen LogP) is 4.43. The Kier molecular flexibility index (Phi) is 3.49. The van der Waals surface area contributed by atoms with Crippen LogP contribution < -0.4 is 10.1 Å². The molecule has 122 valence electrons. The molecule has 1 heterocycles. The summed E-state index contributed by atoms with van der Waals surface area (Å²) >= 11 is 0. The predicted molar refractivity (Wildman–Crippen MR) is 92.4 cm³/mol. The summed E-state index contributed by atoms with van der Waals surface area (Å²) in [5, 5.41) is 14.7. The molecule has 0 radical (unpaired) electrons. The average molecular weight is 322 g/mol. The number of nitro benzene ring substituents is 1. The molecule has 2 aromatic carbocycles. The van der Waals surface area contributed by atoms with E-state index in [0.29, 0.717) is 5.92 Å². The van der Waals surface area contributed by atoms with Crippen LogP contribution in [-0.2, 0) is 0 Å². The number of allylic oxidation sites excluding steroid dienone is 2. The number of fused-ring (bicyclic) bond motifs is 3. The fourth-order valence-electron chi connectivity index (χ4n) is 3.93. The number of nitrogens with one attached hydrogen (secondary N) is 1. The number of para-hydroxylation sites is 1. The Morgan fingerprint density at radius 2 is 2.04 bits per heavy atom. The van der Waals surface area contributed by atoms with Gasteiger partial charge in [-0.2, -0.15) is 0 Å². The van der Waals surface area contributed by atoms with Crippen molar-refractivity contribution in [2.75, 3.05) is 12.4 Å². The van der Waals surface area contributed by atoms with Crippen LogP contribution in [0.4, 0.5) is 11.4 Å². The number of nitrogens with zero attached hydrogens (tertiary/aromatic N) is 1. The first-order valence-corrected chi connectivity index (χ1v) is 8.03. The largest absolute Gasteiger partial charge is 0.496 e. The molecule has 3 atom stereocenters. The number of hydrogen-bond acceptors (Lipinski definition) is 4. The van der Waals surface area contributed by atoms with Crippen LogP contribution in [0.1, 0.15) is 29.5 Å². The minimum atomic E-state index is -0.333. The molecule has 24 heavy (non-hydrogen) atoms. The summed E-state index contributed by atoms with van der Waals surface area (Å²) in [7, 11) is 1.68. The van der Waals surface area contributed by atoms with E-state index in [0.717, 1.165) is 29.0 Å². The molecule has 0 amide bonds. The van der Waals surface area contributed by atoms with Crippen LogP contribution in [0.5, 0.6) is 5.75 Å². The summed E-state index contributed by atoms with van der Waals surface area (Å²) in [6, 6.07) is 13.2. The highest BCUT2D eigenvalue weighted by Gasteiger charge is 2.39. The van der Waals surface area contributed by atoms with Crippen LogP contribution in [0.2, 0.25) is 0 Å². The number of methoxy groups -OCH3 is 1. The lowest BCUT2D eigenvalue weighted by molar-refractivity contribution is -0.384. The minimum Gasteiger partial charge on any atom is -0.496 e. The summed E-state index contributed by atoms with van der Waals surface area (Å²) in [5.41, 5.74) is 3.24. The average Bonchev–Trinajstić information content (AvgIpc) is 3.10. The minimum absolute atomic E-state index is 0.120. The van der Waals surface area contributed by atoms with Crippen LogP contribution in [-0.4, -0.2) is 12.0 Å². The van der Waals surface area contributed by atoms with Crippen molar-refractivity contribution in [3.63, 3.8) is 0 Å². The molecule has 0 aromatic heterocycles. The van der Waals surface area contributed by atoms with E-state index in [1.54, 1.807) is 19.2 Å². The normalized spacial score (nSPS) is 24.0. The molecule has 1 aliphatic heterocycles. The number of nitro groups is 1. The van der Waals surface area contributed by atoms with Gasteiger partial charge in [-0.15, -0.1) is 0 Å². The molecule has 4 rings (SSSR count). The Hall–Kier alpha value is -2.82. The number of non-ortho nitro benzene ring substituents is 1. The van der Waals surface area contributed by atoms with Crippen LogP contribution in [0.15, 0.2) is 54.6 Å². The molecular formula is C19H18N2O3. The SMILES string of the molecule is COc1ccccc1[C@@H]1Nc2ccc([N+](=O)[O-])cc2[C@H]2C=CC[C@@H]21. The molecule has 2 aliphatic rings. The highest BCUT2D eigenvalue weighted by molar-refractivity contribution is 5.63. The zero-order chi connectivity index (χ0) is 16.7. The second-order valence-corrected chi connectivity index (χ2v) is 6.25. The lowest BCUT2D eigenvalue weighted by atomic mass is 9.76. The van der Waals surface area contributed by atoms with E-state index in [2.05, 4.69) is 23.5 Å². The maximum absolute atomic E-state index is 11.1. The molecule has 0 bridgehead atoms. The van der Waals surface area contributed by atoms with Gasteiger partial charge in [-0.3, -0.25) is 10.1 Å². The maximum Gasteiger partial charge on any atom is 0.269 e. The summed E-state index contributed by atoms with van der Waals surface area (Å²) in [6.45, 7) is 0. The third kappa shape index (κ3) is 2.24. The first-order chi connectivity index (χ1) is 11.7. The molecule has 0 unspecified atom stereocenters. The summed E-state index contributed by atoms with van der Waals surface area (Å²) < 4.78 is 5.54. The van der Waals surface area contributed by atoms with Gasteiger partial charge in [0.25, 0.3) is 5.69 Å². The van der Waals surface area contributed by atoms with E-state index in [1.807, 2.05) is 24.3 Å². The van der Waals surface area contributed by atoms with Crippen molar-refractivity contribution in [3.8, 4) is 5.75 Å². The number of anilines is 1. The molecule has 0 spiro atoms. The van der Waals surface area contributed by atoms with Crippen molar-refractivity contribution in [2.24, 2.45) is 5.92 Å². The van der Waals surface area contributed by atoms with Gasteiger partial charge in [-0.05, 0) is 30.0 Å². The van der Waals surface area contributed by atoms with Crippen molar-refractivity contribution >= 4 is 11.4 Å². The fourth-order valence-corrected chi connectivity index (χ4v) is 3.93. The molecule has 0 saturated carbocycles. The molecule has 1 aliphatic carbocycles. The molecular weight excluding hydrogens is 304 g/mol. The van der Waals surface area contributed by atoms with E-state index in [4.69, 9.17) is 4.74 Å².